The van der Waals surface area contributed by atoms with Crippen molar-refractivity contribution in [2.75, 3.05) is 6.61 Å². The molecule has 26 heavy (non-hydrogen) atoms. The maximum atomic E-state index is 12.6. The minimum atomic E-state index is -0.558. The summed E-state index contributed by atoms with van der Waals surface area (Å²) in [7, 11) is 0. The second-order valence-corrected chi connectivity index (χ2v) is 6.33. The lowest BCUT2D eigenvalue weighted by Gasteiger charge is -2.12. The van der Waals surface area contributed by atoms with Gasteiger partial charge in [0, 0.05) is 0 Å². The van der Waals surface area contributed by atoms with E-state index in [-0.39, 0.29) is 11.1 Å². The van der Waals surface area contributed by atoms with Crippen molar-refractivity contribution in [3.63, 3.8) is 0 Å². The molecule has 0 heterocycles. The topological polar surface area (TPSA) is 52.6 Å². The Hall–Kier alpha value is -2.62. The van der Waals surface area contributed by atoms with Crippen molar-refractivity contribution in [1.29, 1.82) is 0 Å². The molecule has 4 heteroatoms. The predicted molar refractivity (Wildman–Crippen MR) is 102 cm³/mol. The van der Waals surface area contributed by atoms with Gasteiger partial charge in [0.2, 0.25) is 0 Å². The van der Waals surface area contributed by atoms with Crippen LogP contribution in [0.5, 0.6) is 5.75 Å². The summed E-state index contributed by atoms with van der Waals surface area (Å²) < 4.78 is 10.8. The molecule has 138 valence electrons. The lowest BCUT2D eigenvalue weighted by Crippen LogP contribution is -2.16. The van der Waals surface area contributed by atoms with E-state index >= 15 is 0 Å². The monoisotopic (exact) mass is 354 g/mol. The van der Waals surface area contributed by atoms with Crippen molar-refractivity contribution in [2.45, 2.75) is 46.5 Å². The first-order chi connectivity index (χ1) is 12.5. The highest BCUT2D eigenvalue weighted by Gasteiger charge is 2.20. The van der Waals surface area contributed by atoms with E-state index in [9.17, 15) is 9.59 Å². The van der Waals surface area contributed by atoms with E-state index < -0.39 is 11.9 Å². The quantitative estimate of drug-likeness (QED) is 0.369. The number of unbranched alkanes of at least 4 members (excludes halogenated alkanes) is 3. The van der Waals surface area contributed by atoms with Crippen LogP contribution in [0, 0.1) is 13.8 Å². The smallest absolute Gasteiger partial charge is 0.344 e. The van der Waals surface area contributed by atoms with Gasteiger partial charge in [-0.15, -0.1) is 0 Å². The van der Waals surface area contributed by atoms with E-state index in [2.05, 4.69) is 6.92 Å². The molecule has 2 rings (SSSR count). The molecule has 0 aromatic heterocycles. The molecule has 4 nitrogen and oxygen atoms in total. The molecule has 0 N–H and O–H groups in total. The van der Waals surface area contributed by atoms with Crippen molar-refractivity contribution in [2.24, 2.45) is 0 Å². The number of hydrogen-bond donors (Lipinski definition) is 0. The maximum Gasteiger partial charge on any atom is 0.344 e. The minimum absolute atomic E-state index is 0.215. The molecule has 0 aliphatic rings. The van der Waals surface area contributed by atoms with Gasteiger partial charge in [-0.1, -0.05) is 50.5 Å². The number of rotatable bonds is 8. The van der Waals surface area contributed by atoms with Crippen LogP contribution in [0.4, 0.5) is 0 Å². The molecular formula is C22H26O4. The highest BCUT2D eigenvalue weighted by molar-refractivity contribution is 6.03. The number of carbonyl (C=O) groups excluding carboxylic acids is 2. The first-order valence-electron chi connectivity index (χ1n) is 9.09. The van der Waals surface area contributed by atoms with Gasteiger partial charge in [0.25, 0.3) is 0 Å². The fourth-order valence-electron chi connectivity index (χ4n) is 2.60. The van der Waals surface area contributed by atoms with Crippen LogP contribution >= 0.6 is 0 Å². The Labute approximate surface area is 155 Å². The summed E-state index contributed by atoms with van der Waals surface area (Å²) in [5.74, 6) is -0.551. The van der Waals surface area contributed by atoms with Gasteiger partial charge in [-0.05, 0) is 49.6 Å². The molecule has 0 amide bonds. The van der Waals surface area contributed by atoms with Crippen LogP contribution in [0.25, 0.3) is 0 Å². The summed E-state index contributed by atoms with van der Waals surface area (Å²) in [5, 5.41) is 0. The number of aryl methyl sites for hydroxylation is 1. The van der Waals surface area contributed by atoms with Crippen LogP contribution in [-0.2, 0) is 4.74 Å². The molecule has 0 aliphatic carbocycles. The number of esters is 2. The zero-order valence-corrected chi connectivity index (χ0v) is 15.7. The lowest BCUT2D eigenvalue weighted by molar-refractivity contribution is 0.0489. The van der Waals surface area contributed by atoms with Gasteiger partial charge >= 0.3 is 11.9 Å². The molecule has 0 spiro atoms. The Kier molecular flexibility index (Phi) is 7.39. The van der Waals surface area contributed by atoms with Crippen LogP contribution in [0.1, 0.15) is 64.4 Å². The van der Waals surface area contributed by atoms with E-state index in [1.54, 1.807) is 30.3 Å². The minimum Gasteiger partial charge on any atom is -0.462 e. The van der Waals surface area contributed by atoms with Crippen LogP contribution < -0.4 is 4.74 Å². The lowest BCUT2D eigenvalue weighted by atomic mass is 10.1. The second kappa shape index (κ2) is 9.76. The third kappa shape index (κ3) is 5.19. The number of hydrogen-bond acceptors (Lipinski definition) is 4. The molecule has 0 saturated heterocycles. The molecule has 0 fully saturated rings. The normalized spacial score (nSPS) is 10.4. The molecule has 0 radical (unpaired) electrons. The van der Waals surface area contributed by atoms with Crippen LogP contribution in [0.2, 0.25) is 0 Å². The summed E-state index contributed by atoms with van der Waals surface area (Å²) in [4.78, 5) is 24.9. The molecule has 2 aromatic rings. The molecule has 0 aliphatic heterocycles. The zero-order chi connectivity index (χ0) is 18.9. The van der Waals surface area contributed by atoms with E-state index in [4.69, 9.17) is 9.47 Å². The molecule has 0 bridgehead atoms. The van der Waals surface area contributed by atoms with Gasteiger partial charge in [0.15, 0.2) is 0 Å². The van der Waals surface area contributed by atoms with Gasteiger partial charge in [-0.3, -0.25) is 0 Å². The standard InChI is InChI=1S/C22H26O4/c1-4-5-6-9-15-25-21(23)18-12-7-8-13-19(18)22(24)26-20-14-10-11-16(2)17(20)3/h7-8,10-14H,4-6,9,15H2,1-3H3. The number of carbonyl (C=O) groups is 2. The molecular weight excluding hydrogens is 328 g/mol. The summed E-state index contributed by atoms with van der Waals surface area (Å²) in [5.41, 5.74) is 2.39. The molecule has 0 atom stereocenters. The molecule has 2 aromatic carbocycles. The largest absolute Gasteiger partial charge is 0.462 e. The van der Waals surface area contributed by atoms with E-state index in [0.717, 1.165) is 36.8 Å². The third-order valence-electron chi connectivity index (χ3n) is 4.36. The average molecular weight is 354 g/mol. The molecule has 0 unspecified atom stereocenters. The van der Waals surface area contributed by atoms with Gasteiger partial charge < -0.3 is 9.47 Å². The Morgan fingerprint density at radius 3 is 2.23 bits per heavy atom. The van der Waals surface area contributed by atoms with E-state index in [1.807, 2.05) is 26.0 Å². The van der Waals surface area contributed by atoms with Crippen molar-refractivity contribution >= 4 is 11.9 Å². The van der Waals surface area contributed by atoms with Gasteiger partial charge in [-0.2, -0.15) is 0 Å². The van der Waals surface area contributed by atoms with Gasteiger partial charge in [0.05, 0.1) is 17.7 Å². The fourth-order valence-corrected chi connectivity index (χ4v) is 2.60. The van der Waals surface area contributed by atoms with Crippen LogP contribution in [0.15, 0.2) is 42.5 Å². The molecule has 0 saturated carbocycles. The van der Waals surface area contributed by atoms with Gasteiger partial charge in [-0.25, -0.2) is 9.59 Å². The Morgan fingerprint density at radius 2 is 1.54 bits per heavy atom. The Bertz CT molecular complexity index is 764. The third-order valence-corrected chi connectivity index (χ3v) is 4.36. The SMILES string of the molecule is CCCCCCOC(=O)c1ccccc1C(=O)Oc1cccc(C)c1C. The summed E-state index contributed by atoms with van der Waals surface area (Å²) >= 11 is 0. The fraction of sp³-hybridized carbons (Fsp3) is 0.364. The number of ether oxygens (including phenoxy) is 2. The summed E-state index contributed by atoms with van der Waals surface area (Å²) in [6, 6.07) is 12.1. The maximum absolute atomic E-state index is 12.6. The predicted octanol–water partition coefficient (Wildman–Crippen LogP) is 5.26. The Balaban J connectivity index is 2.08. The van der Waals surface area contributed by atoms with Crippen molar-refractivity contribution in [1.82, 2.24) is 0 Å². The average Bonchev–Trinajstić information content (AvgIpc) is 2.65. The highest BCUT2D eigenvalue weighted by atomic mass is 16.5. The summed E-state index contributed by atoms with van der Waals surface area (Å²) in [6.07, 6.45) is 4.10. The van der Waals surface area contributed by atoms with Crippen molar-refractivity contribution < 1.29 is 19.1 Å². The van der Waals surface area contributed by atoms with Gasteiger partial charge in [0.1, 0.15) is 5.75 Å². The van der Waals surface area contributed by atoms with Crippen molar-refractivity contribution in [3.05, 3.63) is 64.7 Å². The van der Waals surface area contributed by atoms with Crippen molar-refractivity contribution in [3.8, 4) is 5.75 Å². The second-order valence-electron chi connectivity index (χ2n) is 6.33. The summed E-state index contributed by atoms with van der Waals surface area (Å²) in [6.45, 7) is 6.34. The van der Waals surface area contributed by atoms with E-state index in [1.165, 1.54) is 0 Å². The number of benzene rings is 2. The first-order valence-corrected chi connectivity index (χ1v) is 9.09. The first kappa shape index (κ1) is 19.7. The highest BCUT2D eigenvalue weighted by Crippen LogP contribution is 2.22. The van der Waals surface area contributed by atoms with Crippen LogP contribution in [0.3, 0.4) is 0 Å². The van der Waals surface area contributed by atoms with Crippen LogP contribution in [-0.4, -0.2) is 18.5 Å². The Morgan fingerprint density at radius 1 is 0.846 bits per heavy atom. The van der Waals surface area contributed by atoms with E-state index in [0.29, 0.717) is 12.4 Å². The zero-order valence-electron chi connectivity index (χ0n) is 15.7.